The fourth-order valence-electron chi connectivity index (χ4n) is 4.52. The Labute approximate surface area is 133 Å². The molecule has 4 unspecified atom stereocenters. The van der Waals surface area contributed by atoms with Crippen LogP contribution < -0.4 is 11.3 Å². The summed E-state index contributed by atoms with van der Waals surface area (Å²) in [5.74, 6) is 8.45. The molecule has 3 N–H and O–H groups in total. The van der Waals surface area contributed by atoms with E-state index in [1.807, 2.05) is 6.92 Å². The first-order chi connectivity index (χ1) is 10.2. The maximum atomic E-state index is 6.30. The zero-order chi connectivity index (χ0) is 14.8. The van der Waals surface area contributed by atoms with Gasteiger partial charge in [0.25, 0.3) is 0 Å². The molecule has 3 heteroatoms. The van der Waals surface area contributed by atoms with E-state index in [4.69, 9.17) is 17.4 Å². The highest BCUT2D eigenvalue weighted by atomic mass is 35.5. The largest absolute Gasteiger partial charge is 0.271 e. The molecule has 0 spiro atoms. The van der Waals surface area contributed by atoms with Crippen LogP contribution in [0.15, 0.2) is 18.2 Å². The first-order valence-electron chi connectivity index (χ1n) is 8.41. The van der Waals surface area contributed by atoms with Gasteiger partial charge in [0.05, 0.1) is 0 Å². The predicted octanol–water partition coefficient (Wildman–Crippen LogP) is 4.76. The Balaban J connectivity index is 1.75. The van der Waals surface area contributed by atoms with Gasteiger partial charge in [0, 0.05) is 11.1 Å². The molecule has 2 nitrogen and oxygen atoms in total. The van der Waals surface area contributed by atoms with E-state index in [1.165, 1.54) is 50.5 Å². The average Bonchev–Trinajstić information content (AvgIpc) is 2.51. The number of halogens is 1. The van der Waals surface area contributed by atoms with Crippen LogP contribution in [-0.2, 0) is 0 Å². The van der Waals surface area contributed by atoms with Crippen LogP contribution in [0.1, 0.15) is 62.1 Å². The fourth-order valence-corrected chi connectivity index (χ4v) is 4.71. The van der Waals surface area contributed by atoms with Gasteiger partial charge in [-0.3, -0.25) is 11.3 Å². The van der Waals surface area contributed by atoms with E-state index in [2.05, 4.69) is 23.6 Å². The summed E-state index contributed by atoms with van der Waals surface area (Å²) in [6.07, 6.45) is 9.74. The van der Waals surface area contributed by atoms with E-state index in [9.17, 15) is 0 Å². The Morgan fingerprint density at radius 1 is 1.14 bits per heavy atom. The highest BCUT2D eigenvalue weighted by molar-refractivity contribution is 6.31. The Morgan fingerprint density at radius 2 is 1.90 bits per heavy atom. The van der Waals surface area contributed by atoms with Crippen molar-refractivity contribution in [1.82, 2.24) is 5.43 Å². The third-order valence-electron chi connectivity index (χ3n) is 5.79. The number of hydrazine groups is 1. The Bertz CT molecular complexity index is 488. The number of aryl methyl sites for hydroxylation is 1. The summed E-state index contributed by atoms with van der Waals surface area (Å²) in [7, 11) is 0. The molecule has 1 aromatic rings. The second-order valence-electron chi connectivity index (χ2n) is 7.03. The van der Waals surface area contributed by atoms with E-state index >= 15 is 0 Å². The van der Waals surface area contributed by atoms with Crippen molar-refractivity contribution >= 4 is 11.6 Å². The molecular formula is C18H27ClN2. The number of fused-ring (bicyclic) bond motifs is 1. The number of benzene rings is 1. The summed E-state index contributed by atoms with van der Waals surface area (Å²) >= 11 is 6.30. The number of rotatable bonds is 3. The summed E-state index contributed by atoms with van der Waals surface area (Å²) in [5, 5.41) is 0.846. The Hall–Kier alpha value is -0.570. The minimum absolute atomic E-state index is 0.242. The molecule has 0 heterocycles. The summed E-state index contributed by atoms with van der Waals surface area (Å²) in [6.45, 7) is 2.05. The van der Waals surface area contributed by atoms with Gasteiger partial charge in [0.1, 0.15) is 0 Å². The molecule has 2 aliphatic carbocycles. The Kier molecular flexibility index (Phi) is 4.88. The summed E-state index contributed by atoms with van der Waals surface area (Å²) in [5.41, 5.74) is 5.45. The van der Waals surface area contributed by atoms with Crippen molar-refractivity contribution in [2.45, 2.75) is 57.9 Å². The molecule has 1 aromatic carbocycles. The first-order valence-corrected chi connectivity index (χ1v) is 8.79. The van der Waals surface area contributed by atoms with Crippen molar-refractivity contribution in [2.24, 2.45) is 23.6 Å². The number of nitrogens with one attached hydrogen (secondary N) is 1. The van der Waals surface area contributed by atoms with Crippen LogP contribution in [0.25, 0.3) is 0 Å². The van der Waals surface area contributed by atoms with Crippen molar-refractivity contribution in [3.05, 3.63) is 34.3 Å². The molecular weight excluding hydrogens is 280 g/mol. The molecule has 0 radical (unpaired) electrons. The maximum absolute atomic E-state index is 6.30. The predicted molar refractivity (Wildman–Crippen MR) is 89.0 cm³/mol. The number of hydrogen-bond acceptors (Lipinski definition) is 2. The zero-order valence-corrected chi connectivity index (χ0v) is 13.7. The van der Waals surface area contributed by atoms with E-state index in [0.717, 1.165) is 22.4 Å². The van der Waals surface area contributed by atoms with Gasteiger partial charge in [-0.25, -0.2) is 0 Å². The standard InChI is InChI=1S/C18H27ClN2/c1-12-6-7-16(11-17(12)19)18(21-20)15-9-8-13-4-2-3-5-14(13)10-15/h6-7,11,13-15,18,21H,2-5,8-10,20H2,1H3. The summed E-state index contributed by atoms with van der Waals surface area (Å²) < 4.78 is 0. The summed E-state index contributed by atoms with van der Waals surface area (Å²) in [6, 6.07) is 6.62. The molecule has 4 atom stereocenters. The normalized spacial score (nSPS) is 30.7. The molecule has 2 saturated carbocycles. The van der Waals surface area contributed by atoms with Crippen molar-refractivity contribution in [1.29, 1.82) is 0 Å². The fraction of sp³-hybridized carbons (Fsp3) is 0.667. The van der Waals surface area contributed by atoms with Crippen molar-refractivity contribution < 1.29 is 0 Å². The lowest BCUT2D eigenvalue weighted by molar-refractivity contribution is 0.109. The van der Waals surface area contributed by atoms with Crippen molar-refractivity contribution in [3.63, 3.8) is 0 Å². The third kappa shape index (κ3) is 3.28. The monoisotopic (exact) mass is 306 g/mol. The van der Waals surface area contributed by atoms with Gasteiger partial charge in [-0.05, 0) is 61.1 Å². The highest BCUT2D eigenvalue weighted by Gasteiger charge is 2.35. The molecule has 2 fully saturated rings. The van der Waals surface area contributed by atoms with Gasteiger partial charge < -0.3 is 0 Å². The third-order valence-corrected chi connectivity index (χ3v) is 6.19. The van der Waals surface area contributed by atoms with Gasteiger partial charge in [-0.2, -0.15) is 0 Å². The lowest BCUT2D eigenvalue weighted by atomic mass is 9.65. The maximum Gasteiger partial charge on any atom is 0.0488 e. The van der Waals surface area contributed by atoms with E-state index in [-0.39, 0.29) is 6.04 Å². The molecule has 2 aliphatic rings. The van der Waals surface area contributed by atoms with Gasteiger partial charge in [-0.1, -0.05) is 49.4 Å². The summed E-state index contributed by atoms with van der Waals surface area (Å²) in [4.78, 5) is 0. The van der Waals surface area contributed by atoms with Gasteiger partial charge in [0.2, 0.25) is 0 Å². The van der Waals surface area contributed by atoms with Crippen molar-refractivity contribution in [3.8, 4) is 0 Å². The number of nitrogens with two attached hydrogens (primary N) is 1. The molecule has 0 aliphatic heterocycles. The van der Waals surface area contributed by atoms with E-state index in [1.54, 1.807) is 0 Å². The molecule has 0 saturated heterocycles. The quantitative estimate of drug-likeness (QED) is 0.624. The Morgan fingerprint density at radius 3 is 2.62 bits per heavy atom. The highest BCUT2D eigenvalue weighted by Crippen LogP contribution is 2.46. The van der Waals surface area contributed by atoms with E-state index in [0.29, 0.717) is 5.92 Å². The van der Waals surface area contributed by atoms with Crippen LogP contribution >= 0.6 is 11.6 Å². The minimum Gasteiger partial charge on any atom is -0.271 e. The molecule has 0 bridgehead atoms. The lowest BCUT2D eigenvalue weighted by Crippen LogP contribution is -2.38. The van der Waals surface area contributed by atoms with Gasteiger partial charge >= 0.3 is 0 Å². The van der Waals surface area contributed by atoms with Crippen LogP contribution in [-0.4, -0.2) is 0 Å². The average molecular weight is 307 g/mol. The van der Waals surface area contributed by atoms with Crippen LogP contribution in [0.2, 0.25) is 5.02 Å². The van der Waals surface area contributed by atoms with Gasteiger partial charge in [0.15, 0.2) is 0 Å². The second-order valence-corrected chi connectivity index (χ2v) is 7.44. The molecule has 116 valence electrons. The van der Waals surface area contributed by atoms with Crippen LogP contribution in [0, 0.1) is 24.7 Å². The number of hydrogen-bond donors (Lipinski definition) is 2. The molecule has 3 rings (SSSR count). The second kappa shape index (κ2) is 6.68. The topological polar surface area (TPSA) is 38.0 Å². The van der Waals surface area contributed by atoms with E-state index < -0.39 is 0 Å². The molecule has 0 aromatic heterocycles. The lowest BCUT2D eigenvalue weighted by Gasteiger charge is -2.42. The van der Waals surface area contributed by atoms with Crippen LogP contribution in [0.3, 0.4) is 0 Å². The minimum atomic E-state index is 0.242. The smallest absolute Gasteiger partial charge is 0.0488 e. The molecule has 21 heavy (non-hydrogen) atoms. The first kappa shape index (κ1) is 15.3. The SMILES string of the molecule is Cc1ccc(C(NN)C2CCC3CCCCC3C2)cc1Cl. The van der Waals surface area contributed by atoms with Crippen LogP contribution in [0.4, 0.5) is 0 Å². The molecule has 0 amide bonds. The van der Waals surface area contributed by atoms with Gasteiger partial charge in [-0.15, -0.1) is 0 Å². The van der Waals surface area contributed by atoms with Crippen molar-refractivity contribution in [2.75, 3.05) is 0 Å². The van der Waals surface area contributed by atoms with Crippen LogP contribution in [0.5, 0.6) is 0 Å². The zero-order valence-electron chi connectivity index (χ0n) is 12.9.